The number of nitrogens with zero attached hydrogens (tertiary/aromatic N) is 2. The van der Waals surface area contributed by atoms with E-state index in [9.17, 15) is 0 Å². The van der Waals surface area contributed by atoms with Gasteiger partial charge in [0.05, 0.1) is 7.11 Å². The smallest absolute Gasteiger partial charge is 0.212 e. The first-order valence-corrected chi connectivity index (χ1v) is 6.13. The van der Waals surface area contributed by atoms with E-state index in [1.54, 1.807) is 7.11 Å². The normalized spacial score (nSPS) is 10.7. The maximum Gasteiger partial charge on any atom is 0.212 e. The Hall–Kier alpha value is -1.90. The van der Waals surface area contributed by atoms with Gasteiger partial charge >= 0.3 is 0 Å². The van der Waals surface area contributed by atoms with Crippen molar-refractivity contribution in [3.63, 3.8) is 0 Å². The van der Waals surface area contributed by atoms with E-state index in [4.69, 9.17) is 4.74 Å². The monoisotopic (exact) mass is 242 g/mol. The number of methoxy groups -OCH3 is 1. The first-order valence-electron chi connectivity index (χ1n) is 6.13. The summed E-state index contributed by atoms with van der Waals surface area (Å²) in [5.74, 6) is 1.17. The van der Waals surface area contributed by atoms with Crippen LogP contribution in [-0.4, -0.2) is 17.1 Å². The molecule has 2 aromatic rings. The van der Waals surface area contributed by atoms with Crippen molar-refractivity contribution in [2.45, 2.75) is 26.2 Å². The minimum Gasteiger partial charge on any atom is -0.481 e. The Labute approximate surface area is 108 Å². The van der Waals surface area contributed by atoms with Crippen molar-refractivity contribution >= 4 is 0 Å². The van der Waals surface area contributed by atoms with Gasteiger partial charge in [-0.15, -0.1) is 0 Å². The van der Waals surface area contributed by atoms with E-state index in [0.717, 1.165) is 17.7 Å². The van der Waals surface area contributed by atoms with Crippen molar-refractivity contribution in [3.05, 3.63) is 53.5 Å². The molecule has 0 aliphatic carbocycles. The molecule has 2 heterocycles. The third-order valence-electron chi connectivity index (χ3n) is 2.90. The van der Waals surface area contributed by atoms with Gasteiger partial charge in [-0.25, -0.2) is 4.98 Å². The summed E-state index contributed by atoms with van der Waals surface area (Å²) in [4.78, 5) is 8.60. The minimum atomic E-state index is 0.528. The van der Waals surface area contributed by atoms with Crippen LogP contribution in [0.25, 0.3) is 0 Å². The van der Waals surface area contributed by atoms with Crippen LogP contribution < -0.4 is 4.74 Å². The largest absolute Gasteiger partial charge is 0.481 e. The van der Waals surface area contributed by atoms with Crippen LogP contribution >= 0.6 is 0 Å². The van der Waals surface area contributed by atoms with Crippen LogP contribution in [0.4, 0.5) is 0 Å². The molecule has 2 rings (SSSR count). The van der Waals surface area contributed by atoms with E-state index in [2.05, 4.69) is 35.9 Å². The van der Waals surface area contributed by atoms with E-state index in [0.29, 0.717) is 11.8 Å². The lowest BCUT2D eigenvalue weighted by atomic mass is 10.0. The summed E-state index contributed by atoms with van der Waals surface area (Å²) in [6, 6.07) is 8.13. The molecule has 2 aromatic heterocycles. The highest BCUT2D eigenvalue weighted by Gasteiger charge is 2.03. The molecule has 0 aromatic carbocycles. The lowest BCUT2D eigenvalue weighted by molar-refractivity contribution is 0.397. The van der Waals surface area contributed by atoms with Crippen molar-refractivity contribution in [2.75, 3.05) is 7.11 Å². The lowest BCUT2D eigenvalue weighted by Gasteiger charge is -2.07. The predicted molar refractivity (Wildman–Crippen MR) is 71.9 cm³/mol. The molecule has 0 aliphatic rings. The Kier molecular flexibility index (Phi) is 3.92. The van der Waals surface area contributed by atoms with Crippen LogP contribution in [0.2, 0.25) is 0 Å². The van der Waals surface area contributed by atoms with Gasteiger partial charge in [0.1, 0.15) is 0 Å². The molecule has 18 heavy (non-hydrogen) atoms. The zero-order chi connectivity index (χ0) is 13.0. The quantitative estimate of drug-likeness (QED) is 0.825. The zero-order valence-corrected chi connectivity index (χ0v) is 11.1. The number of pyridine rings is 2. The van der Waals surface area contributed by atoms with Crippen molar-refractivity contribution in [1.82, 2.24) is 9.97 Å². The van der Waals surface area contributed by atoms with Gasteiger partial charge in [-0.3, -0.25) is 4.98 Å². The molecule has 0 aliphatic heterocycles. The number of rotatable bonds is 4. The fourth-order valence-electron chi connectivity index (χ4n) is 1.80. The van der Waals surface area contributed by atoms with E-state index >= 15 is 0 Å². The third-order valence-corrected chi connectivity index (χ3v) is 2.90. The van der Waals surface area contributed by atoms with Crippen molar-refractivity contribution < 1.29 is 4.74 Å². The Bertz CT molecular complexity index is 506. The molecule has 0 N–H and O–H groups in total. The Balaban J connectivity index is 2.15. The summed E-state index contributed by atoms with van der Waals surface area (Å²) < 4.78 is 5.04. The molecule has 0 radical (unpaired) electrons. The van der Waals surface area contributed by atoms with Gasteiger partial charge in [0.15, 0.2) is 0 Å². The fourth-order valence-corrected chi connectivity index (χ4v) is 1.80. The Morgan fingerprint density at radius 1 is 1.17 bits per heavy atom. The van der Waals surface area contributed by atoms with Crippen molar-refractivity contribution in [2.24, 2.45) is 0 Å². The molecule has 0 saturated carbocycles. The molecular weight excluding hydrogens is 224 g/mol. The standard InChI is InChI=1S/C15H18N2O/c1-11(2)13-6-7-16-14(9-13)8-12-4-5-15(18-3)17-10-12/h4-7,9-11H,8H2,1-3H3. The molecule has 0 spiro atoms. The molecule has 0 amide bonds. The average molecular weight is 242 g/mol. The lowest BCUT2D eigenvalue weighted by Crippen LogP contribution is -1.96. The van der Waals surface area contributed by atoms with Gasteiger partial charge in [-0.2, -0.15) is 0 Å². The van der Waals surface area contributed by atoms with Crippen LogP contribution in [-0.2, 0) is 6.42 Å². The summed E-state index contributed by atoms with van der Waals surface area (Å²) in [7, 11) is 1.62. The van der Waals surface area contributed by atoms with E-state index in [1.807, 2.05) is 24.5 Å². The molecular formula is C15H18N2O. The Morgan fingerprint density at radius 3 is 2.61 bits per heavy atom. The molecule has 0 saturated heterocycles. The van der Waals surface area contributed by atoms with Crippen LogP contribution in [0.15, 0.2) is 36.7 Å². The predicted octanol–water partition coefficient (Wildman–Crippen LogP) is 3.20. The van der Waals surface area contributed by atoms with E-state index < -0.39 is 0 Å². The molecule has 3 nitrogen and oxygen atoms in total. The summed E-state index contributed by atoms with van der Waals surface area (Å²) in [6.07, 6.45) is 4.52. The van der Waals surface area contributed by atoms with Gasteiger partial charge in [0, 0.05) is 30.6 Å². The summed E-state index contributed by atoms with van der Waals surface area (Å²) >= 11 is 0. The maximum atomic E-state index is 5.04. The molecule has 94 valence electrons. The number of ether oxygens (including phenoxy) is 1. The fraction of sp³-hybridized carbons (Fsp3) is 0.333. The van der Waals surface area contributed by atoms with Crippen LogP contribution in [0.5, 0.6) is 5.88 Å². The van der Waals surface area contributed by atoms with E-state index in [1.165, 1.54) is 5.56 Å². The summed E-state index contributed by atoms with van der Waals surface area (Å²) in [5.41, 5.74) is 3.54. The van der Waals surface area contributed by atoms with Crippen LogP contribution in [0.1, 0.15) is 36.6 Å². The highest BCUT2D eigenvalue weighted by atomic mass is 16.5. The Morgan fingerprint density at radius 2 is 2.00 bits per heavy atom. The topological polar surface area (TPSA) is 35.0 Å². The van der Waals surface area contributed by atoms with Gasteiger partial charge < -0.3 is 4.74 Å². The SMILES string of the molecule is COc1ccc(Cc2cc(C(C)C)ccn2)cn1. The molecule has 0 unspecified atom stereocenters. The van der Waals surface area contributed by atoms with Gasteiger partial charge in [0.25, 0.3) is 0 Å². The second-order valence-electron chi connectivity index (χ2n) is 4.62. The number of hydrogen-bond acceptors (Lipinski definition) is 3. The highest BCUT2D eigenvalue weighted by molar-refractivity contribution is 5.26. The number of hydrogen-bond donors (Lipinski definition) is 0. The third kappa shape index (κ3) is 3.06. The van der Waals surface area contributed by atoms with Crippen molar-refractivity contribution in [1.29, 1.82) is 0 Å². The van der Waals surface area contributed by atoms with E-state index in [-0.39, 0.29) is 0 Å². The maximum absolute atomic E-state index is 5.04. The highest BCUT2D eigenvalue weighted by Crippen LogP contribution is 2.16. The molecule has 3 heteroatoms. The van der Waals surface area contributed by atoms with Gasteiger partial charge in [-0.05, 0) is 29.2 Å². The second-order valence-corrected chi connectivity index (χ2v) is 4.62. The van der Waals surface area contributed by atoms with Crippen molar-refractivity contribution in [3.8, 4) is 5.88 Å². The first-order chi connectivity index (χ1) is 8.69. The first kappa shape index (κ1) is 12.6. The van der Waals surface area contributed by atoms with Gasteiger partial charge in [0.2, 0.25) is 5.88 Å². The second kappa shape index (κ2) is 5.63. The molecule has 0 bridgehead atoms. The van der Waals surface area contributed by atoms with Gasteiger partial charge in [-0.1, -0.05) is 19.9 Å². The summed E-state index contributed by atoms with van der Waals surface area (Å²) in [5, 5.41) is 0. The van der Waals surface area contributed by atoms with Crippen LogP contribution in [0, 0.1) is 0 Å². The molecule has 0 atom stereocenters. The number of aromatic nitrogens is 2. The van der Waals surface area contributed by atoms with Crippen LogP contribution in [0.3, 0.4) is 0 Å². The average Bonchev–Trinajstić information content (AvgIpc) is 2.40. The zero-order valence-electron chi connectivity index (χ0n) is 11.1. The molecule has 0 fully saturated rings. The summed E-state index contributed by atoms with van der Waals surface area (Å²) in [6.45, 7) is 4.38. The minimum absolute atomic E-state index is 0.528.